The monoisotopic (exact) mass is 198 g/mol. The predicted molar refractivity (Wildman–Crippen MR) is 42.1 cm³/mol. The number of aliphatic hydroxyl groups excluding tert-OH is 1. The third-order valence-electron chi connectivity index (χ3n) is 3.86. The van der Waals surface area contributed by atoms with Crippen molar-refractivity contribution in [2.75, 3.05) is 0 Å². The van der Waals surface area contributed by atoms with Gasteiger partial charge in [0, 0.05) is 11.8 Å². The molecule has 5 heteroatoms. The fourth-order valence-electron chi connectivity index (χ4n) is 3.36. The zero-order chi connectivity index (χ0) is 10.0. The normalized spacial score (nSPS) is 53.6. The van der Waals surface area contributed by atoms with Gasteiger partial charge < -0.3 is 14.9 Å². The molecule has 76 valence electrons. The predicted octanol–water partition coefficient (Wildman–Crippen LogP) is -0.761. The van der Waals surface area contributed by atoms with Gasteiger partial charge in [-0.3, -0.25) is 9.59 Å². The maximum atomic E-state index is 11.4. The minimum Gasteiger partial charge on any atom is -0.481 e. The first-order chi connectivity index (χ1) is 6.61. The molecule has 2 saturated carbocycles. The molecule has 2 aliphatic carbocycles. The summed E-state index contributed by atoms with van der Waals surface area (Å²) in [7, 11) is 0. The fraction of sp³-hybridized carbons (Fsp3) is 0.778. The minimum absolute atomic E-state index is 0.0661. The summed E-state index contributed by atoms with van der Waals surface area (Å²) in [5, 5.41) is 18.7. The van der Waals surface area contributed by atoms with Crippen LogP contribution in [0.15, 0.2) is 0 Å². The highest BCUT2D eigenvalue weighted by molar-refractivity contribution is 5.85. The van der Waals surface area contributed by atoms with E-state index in [2.05, 4.69) is 0 Å². The van der Waals surface area contributed by atoms with Gasteiger partial charge in [0.25, 0.3) is 0 Å². The highest BCUT2D eigenvalue weighted by Gasteiger charge is 2.68. The van der Waals surface area contributed by atoms with Crippen LogP contribution in [-0.2, 0) is 14.3 Å². The molecule has 0 aromatic rings. The first kappa shape index (κ1) is 8.23. The lowest BCUT2D eigenvalue weighted by molar-refractivity contribution is -0.151. The van der Waals surface area contributed by atoms with Crippen LogP contribution in [0.5, 0.6) is 0 Å². The zero-order valence-corrected chi connectivity index (χ0v) is 7.29. The van der Waals surface area contributed by atoms with Gasteiger partial charge in [0.15, 0.2) is 0 Å². The van der Waals surface area contributed by atoms with Crippen molar-refractivity contribution in [1.29, 1.82) is 0 Å². The van der Waals surface area contributed by atoms with Crippen LogP contribution in [0.4, 0.5) is 0 Å². The Hall–Kier alpha value is -1.10. The second-order valence-electron chi connectivity index (χ2n) is 4.35. The van der Waals surface area contributed by atoms with Gasteiger partial charge in [-0.2, -0.15) is 0 Å². The summed E-state index contributed by atoms with van der Waals surface area (Å²) in [4.78, 5) is 22.3. The Bertz CT molecular complexity index is 325. The van der Waals surface area contributed by atoms with E-state index in [0.717, 1.165) is 0 Å². The summed E-state index contributed by atoms with van der Waals surface area (Å²) in [5.74, 6) is -3.03. The van der Waals surface area contributed by atoms with E-state index in [1.165, 1.54) is 0 Å². The van der Waals surface area contributed by atoms with Crippen LogP contribution in [0.1, 0.15) is 6.42 Å². The molecule has 0 radical (unpaired) electrons. The third kappa shape index (κ3) is 0.706. The molecule has 0 amide bonds. The molecule has 3 fully saturated rings. The lowest BCUT2D eigenvalue weighted by atomic mass is 9.79. The molecule has 3 aliphatic rings. The third-order valence-corrected chi connectivity index (χ3v) is 3.86. The number of carboxylic acid groups (broad SMARTS) is 1. The van der Waals surface area contributed by atoms with E-state index in [4.69, 9.17) is 9.84 Å². The maximum Gasteiger partial charge on any atom is 0.310 e. The molecule has 0 aromatic heterocycles. The smallest absolute Gasteiger partial charge is 0.310 e. The first-order valence-corrected chi connectivity index (χ1v) is 4.72. The number of carbonyl (C=O) groups is 2. The van der Waals surface area contributed by atoms with Crippen LogP contribution in [-0.4, -0.2) is 34.4 Å². The van der Waals surface area contributed by atoms with Crippen molar-refractivity contribution >= 4 is 11.9 Å². The largest absolute Gasteiger partial charge is 0.481 e. The highest BCUT2D eigenvalue weighted by Crippen LogP contribution is 2.57. The molecule has 6 unspecified atom stereocenters. The summed E-state index contributed by atoms with van der Waals surface area (Å²) >= 11 is 0. The van der Waals surface area contributed by atoms with Gasteiger partial charge in [-0.05, 0) is 6.42 Å². The first-order valence-electron chi connectivity index (χ1n) is 4.72. The van der Waals surface area contributed by atoms with Gasteiger partial charge in [-0.1, -0.05) is 0 Å². The quantitative estimate of drug-likeness (QED) is 0.541. The van der Waals surface area contributed by atoms with Crippen LogP contribution in [0.3, 0.4) is 0 Å². The Kier molecular flexibility index (Phi) is 1.34. The fourth-order valence-corrected chi connectivity index (χ4v) is 3.36. The summed E-state index contributed by atoms with van der Waals surface area (Å²) in [6.07, 6.45) is -0.601. The summed E-state index contributed by atoms with van der Waals surface area (Å²) in [6.45, 7) is 0. The van der Waals surface area contributed by atoms with Crippen LogP contribution < -0.4 is 0 Å². The molecule has 5 nitrogen and oxygen atoms in total. The van der Waals surface area contributed by atoms with Gasteiger partial charge in [-0.15, -0.1) is 0 Å². The summed E-state index contributed by atoms with van der Waals surface area (Å²) in [5.41, 5.74) is 0. The number of carboxylic acids is 1. The molecule has 6 atom stereocenters. The van der Waals surface area contributed by atoms with E-state index < -0.39 is 36.0 Å². The Morgan fingerprint density at radius 3 is 2.79 bits per heavy atom. The lowest BCUT2D eigenvalue weighted by Crippen LogP contribution is -2.40. The number of aliphatic carboxylic acids is 1. The average Bonchev–Trinajstić information content (AvgIpc) is 2.67. The van der Waals surface area contributed by atoms with Crippen molar-refractivity contribution in [2.24, 2.45) is 23.7 Å². The number of ether oxygens (including phenoxy) is 1. The second kappa shape index (κ2) is 2.28. The van der Waals surface area contributed by atoms with Crippen molar-refractivity contribution in [1.82, 2.24) is 0 Å². The van der Waals surface area contributed by atoms with E-state index >= 15 is 0 Å². The standard InChI is InChI=1S/C9H10O5/c10-6-2-1-3-5(4(2)8(11)12)9(13)14-7(3)6/h2-7,10H,1H2,(H,11,12). The number of fused-ring (bicyclic) bond motifs is 1. The number of aliphatic hydroxyl groups is 1. The summed E-state index contributed by atoms with van der Waals surface area (Å²) in [6, 6.07) is 0. The molecule has 2 bridgehead atoms. The number of rotatable bonds is 1. The van der Waals surface area contributed by atoms with Crippen molar-refractivity contribution in [2.45, 2.75) is 18.6 Å². The van der Waals surface area contributed by atoms with Gasteiger partial charge in [0.1, 0.15) is 6.10 Å². The zero-order valence-electron chi connectivity index (χ0n) is 7.29. The number of hydrogen-bond acceptors (Lipinski definition) is 4. The van der Waals surface area contributed by atoms with Gasteiger partial charge in [-0.25, -0.2) is 0 Å². The van der Waals surface area contributed by atoms with Crippen molar-refractivity contribution in [3.05, 3.63) is 0 Å². The van der Waals surface area contributed by atoms with Gasteiger partial charge in [0.05, 0.1) is 17.9 Å². The van der Waals surface area contributed by atoms with Crippen molar-refractivity contribution in [3.8, 4) is 0 Å². The molecule has 0 spiro atoms. The van der Waals surface area contributed by atoms with Crippen molar-refractivity contribution < 1.29 is 24.5 Å². The van der Waals surface area contributed by atoms with E-state index in [1.54, 1.807) is 0 Å². The maximum absolute atomic E-state index is 11.4. The molecular weight excluding hydrogens is 188 g/mol. The second-order valence-corrected chi connectivity index (χ2v) is 4.35. The van der Waals surface area contributed by atoms with Crippen LogP contribution in [0.25, 0.3) is 0 Å². The topological polar surface area (TPSA) is 83.8 Å². The van der Waals surface area contributed by atoms with Crippen molar-refractivity contribution in [3.63, 3.8) is 0 Å². The Morgan fingerprint density at radius 1 is 1.43 bits per heavy atom. The number of hydrogen-bond donors (Lipinski definition) is 2. The van der Waals surface area contributed by atoms with Crippen LogP contribution >= 0.6 is 0 Å². The van der Waals surface area contributed by atoms with Crippen LogP contribution in [0.2, 0.25) is 0 Å². The molecule has 1 heterocycles. The minimum atomic E-state index is -0.987. The number of esters is 1. The van der Waals surface area contributed by atoms with Gasteiger partial charge >= 0.3 is 11.9 Å². The van der Waals surface area contributed by atoms with E-state index in [-0.39, 0.29) is 11.8 Å². The Morgan fingerprint density at radius 2 is 2.14 bits per heavy atom. The summed E-state index contributed by atoms with van der Waals surface area (Å²) < 4.78 is 4.98. The Labute approximate surface area is 79.7 Å². The molecular formula is C9H10O5. The Balaban J connectivity index is 2.04. The molecule has 1 saturated heterocycles. The molecule has 0 aromatic carbocycles. The average molecular weight is 198 g/mol. The molecule has 3 rings (SSSR count). The molecule has 2 N–H and O–H groups in total. The van der Waals surface area contributed by atoms with Crippen LogP contribution in [0, 0.1) is 23.7 Å². The van der Waals surface area contributed by atoms with E-state index in [0.29, 0.717) is 6.42 Å². The van der Waals surface area contributed by atoms with Gasteiger partial charge in [0.2, 0.25) is 0 Å². The molecule has 14 heavy (non-hydrogen) atoms. The molecule has 1 aliphatic heterocycles. The SMILES string of the molecule is O=C(O)C1C2CC3C(OC(=O)C31)C2O. The highest BCUT2D eigenvalue weighted by atomic mass is 16.6. The lowest BCUT2D eigenvalue weighted by Gasteiger charge is -2.25. The number of carbonyl (C=O) groups excluding carboxylic acids is 1. The van der Waals surface area contributed by atoms with E-state index in [9.17, 15) is 14.7 Å². The van der Waals surface area contributed by atoms with E-state index in [1.807, 2.05) is 0 Å².